The third kappa shape index (κ3) is 3.14. The molecular formula is C12H19N5S. The van der Waals surface area contributed by atoms with Gasteiger partial charge in [-0.15, -0.1) is 11.3 Å². The van der Waals surface area contributed by atoms with E-state index in [2.05, 4.69) is 46.3 Å². The smallest absolute Gasteiger partial charge is 0.141 e. The van der Waals surface area contributed by atoms with E-state index in [1.165, 1.54) is 4.88 Å². The zero-order valence-corrected chi connectivity index (χ0v) is 11.8. The first-order chi connectivity index (χ1) is 8.70. The summed E-state index contributed by atoms with van der Waals surface area (Å²) in [6.07, 6.45) is 3.50. The summed E-state index contributed by atoms with van der Waals surface area (Å²) in [7, 11) is 0. The third-order valence-corrected chi connectivity index (χ3v) is 3.95. The Bertz CT molecular complexity index is 457. The monoisotopic (exact) mass is 265 g/mol. The minimum atomic E-state index is 0.164. The van der Waals surface area contributed by atoms with E-state index >= 15 is 0 Å². The molecule has 5 nitrogen and oxygen atoms in total. The number of aryl methyl sites for hydroxylation is 2. The van der Waals surface area contributed by atoms with Crippen LogP contribution in [0, 0.1) is 13.8 Å². The van der Waals surface area contributed by atoms with Crippen molar-refractivity contribution in [2.75, 3.05) is 6.54 Å². The van der Waals surface area contributed by atoms with Crippen LogP contribution in [0.4, 0.5) is 0 Å². The van der Waals surface area contributed by atoms with Crippen molar-refractivity contribution in [2.24, 2.45) is 0 Å². The Balaban J connectivity index is 2.09. The van der Waals surface area contributed by atoms with Crippen molar-refractivity contribution in [2.45, 2.75) is 39.7 Å². The van der Waals surface area contributed by atoms with Gasteiger partial charge in [0.25, 0.3) is 0 Å². The van der Waals surface area contributed by atoms with Gasteiger partial charge in [0, 0.05) is 11.3 Å². The highest BCUT2D eigenvalue weighted by Gasteiger charge is 2.16. The number of aromatic amines is 1. The predicted octanol–water partition coefficient (Wildman–Crippen LogP) is 2.16. The lowest BCUT2D eigenvalue weighted by Gasteiger charge is -2.14. The standard InChI is InChI=1S/C12H19N5S/c1-4-5-13-10(12-14-7-15-17-12)6-11-16-8(2)9(3)18-11/h7,10,13H,4-6H2,1-3H3,(H,14,15,17). The Hall–Kier alpha value is -1.27. The van der Waals surface area contributed by atoms with Crippen LogP contribution in [0.15, 0.2) is 6.33 Å². The highest BCUT2D eigenvalue weighted by molar-refractivity contribution is 7.11. The third-order valence-electron chi connectivity index (χ3n) is 2.86. The van der Waals surface area contributed by atoms with Gasteiger partial charge < -0.3 is 5.32 Å². The van der Waals surface area contributed by atoms with Gasteiger partial charge in [-0.3, -0.25) is 5.10 Å². The topological polar surface area (TPSA) is 66.5 Å². The van der Waals surface area contributed by atoms with Crippen LogP contribution in [-0.2, 0) is 6.42 Å². The maximum absolute atomic E-state index is 4.58. The molecule has 0 radical (unpaired) electrons. The average Bonchev–Trinajstić information content (AvgIpc) is 2.96. The molecular weight excluding hydrogens is 246 g/mol. The molecule has 0 aliphatic carbocycles. The molecule has 2 N–H and O–H groups in total. The van der Waals surface area contributed by atoms with E-state index in [4.69, 9.17) is 0 Å². The lowest BCUT2D eigenvalue weighted by molar-refractivity contribution is 0.505. The SMILES string of the molecule is CCCNC(Cc1nc(C)c(C)s1)c1ncn[nH]1. The van der Waals surface area contributed by atoms with Crippen LogP contribution in [0.2, 0.25) is 0 Å². The highest BCUT2D eigenvalue weighted by Crippen LogP contribution is 2.21. The minimum Gasteiger partial charge on any atom is -0.307 e. The number of hydrogen-bond acceptors (Lipinski definition) is 5. The lowest BCUT2D eigenvalue weighted by atomic mass is 10.2. The number of rotatable bonds is 6. The summed E-state index contributed by atoms with van der Waals surface area (Å²) in [5.41, 5.74) is 1.13. The number of H-pyrrole nitrogens is 1. The summed E-state index contributed by atoms with van der Waals surface area (Å²) in [4.78, 5) is 10.1. The quantitative estimate of drug-likeness (QED) is 0.840. The van der Waals surface area contributed by atoms with Gasteiger partial charge in [-0.05, 0) is 26.8 Å². The van der Waals surface area contributed by atoms with E-state index in [1.54, 1.807) is 17.7 Å². The first kappa shape index (κ1) is 13.2. The van der Waals surface area contributed by atoms with E-state index in [0.717, 1.165) is 35.9 Å². The molecule has 18 heavy (non-hydrogen) atoms. The minimum absolute atomic E-state index is 0.164. The fourth-order valence-corrected chi connectivity index (χ4v) is 2.75. The van der Waals surface area contributed by atoms with Crippen LogP contribution in [-0.4, -0.2) is 26.7 Å². The molecule has 0 aliphatic rings. The second-order valence-electron chi connectivity index (χ2n) is 4.33. The van der Waals surface area contributed by atoms with Crippen LogP contribution >= 0.6 is 11.3 Å². The summed E-state index contributed by atoms with van der Waals surface area (Å²) in [5, 5.41) is 11.5. The number of nitrogens with one attached hydrogen (secondary N) is 2. The predicted molar refractivity (Wildman–Crippen MR) is 72.7 cm³/mol. The summed E-state index contributed by atoms with van der Waals surface area (Å²) >= 11 is 1.76. The molecule has 0 fully saturated rings. The van der Waals surface area contributed by atoms with Gasteiger partial charge in [-0.2, -0.15) is 5.10 Å². The Labute approximate surface area is 111 Å². The van der Waals surface area contributed by atoms with E-state index in [1.807, 2.05) is 0 Å². The summed E-state index contributed by atoms with van der Waals surface area (Å²) in [6.45, 7) is 7.29. The maximum atomic E-state index is 4.58. The molecule has 0 amide bonds. The van der Waals surface area contributed by atoms with Crippen molar-refractivity contribution in [3.63, 3.8) is 0 Å². The van der Waals surface area contributed by atoms with Gasteiger partial charge >= 0.3 is 0 Å². The largest absolute Gasteiger partial charge is 0.307 e. The molecule has 1 atom stereocenters. The second-order valence-corrected chi connectivity index (χ2v) is 5.62. The number of thiazole rings is 1. The van der Waals surface area contributed by atoms with E-state index in [-0.39, 0.29) is 6.04 Å². The van der Waals surface area contributed by atoms with E-state index in [9.17, 15) is 0 Å². The maximum Gasteiger partial charge on any atom is 0.141 e. The van der Waals surface area contributed by atoms with Crippen LogP contribution in [0.5, 0.6) is 0 Å². The average molecular weight is 265 g/mol. The Morgan fingerprint density at radius 3 is 2.83 bits per heavy atom. The fourth-order valence-electron chi connectivity index (χ4n) is 1.77. The van der Waals surface area contributed by atoms with Crippen molar-refractivity contribution < 1.29 is 0 Å². The van der Waals surface area contributed by atoms with Gasteiger partial charge in [-0.25, -0.2) is 9.97 Å². The normalized spacial score (nSPS) is 12.8. The molecule has 2 aromatic rings. The van der Waals surface area contributed by atoms with Gasteiger partial charge in [0.15, 0.2) is 0 Å². The van der Waals surface area contributed by atoms with E-state index in [0.29, 0.717) is 0 Å². The van der Waals surface area contributed by atoms with Gasteiger partial charge in [0.2, 0.25) is 0 Å². The Morgan fingerprint density at radius 2 is 2.28 bits per heavy atom. The first-order valence-corrected chi connectivity index (χ1v) is 7.04. The van der Waals surface area contributed by atoms with Crippen molar-refractivity contribution in [1.29, 1.82) is 0 Å². The number of aromatic nitrogens is 4. The Morgan fingerprint density at radius 1 is 1.44 bits per heavy atom. The van der Waals surface area contributed by atoms with E-state index < -0.39 is 0 Å². The zero-order valence-electron chi connectivity index (χ0n) is 11.0. The van der Waals surface area contributed by atoms with Gasteiger partial charge in [0.1, 0.15) is 12.2 Å². The molecule has 0 saturated carbocycles. The lowest BCUT2D eigenvalue weighted by Crippen LogP contribution is -2.25. The van der Waals surface area contributed by atoms with Crippen molar-refractivity contribution in [3.05, 3.63) is 27.7 Å². The molecule has 0 aliphatic heterocycles. The summed E-state index contributed by atoms with van der Waals surface area (Å²) < 4.78 is 0. The van der Waals surface area contributed by atoms with Crippen LogP contribution in [0.25, 0.3) is 0 Å². The molecule has 0 saturated heterocycles. The van der Waals surface area contributed by atoms with Gasteiger partial charge in [-0.1, -0.05) is 6.92 Å². The number of nitrogens with zero attached hydrogens (tertiary/aromatic N) is 3. The van der Waals surface area contributed by atoms with Crippen molar-refractivity contribution in [1.82, 2.24) is 25.5 Å². The van der Waals surface area contributed by atoms with Crippen molar-refractivity contribution in [3.8, 4) is 0 Å². The molecule has 2 rings (SSSR count). The van der Waals surface area contributed by atoms with Crippen LogP contribution in [0.3, 0.4) is 0 Å². The molecule has 1 unspecified atom stereocenters. The zero-order chi connectivity index (χ0) is 13.0. The molecule has 98 valence electrons. The summed E-state index contributed by atoms with van der Waals surface area (Å²) in [6, 6.07) is 0.164. The Kier molecular flexibility index (Phi) is 4.43. The fraction of sp³-hybridized carbons (Fsp3) is 0.583. The molecule has 0 spiro atoms. The van der Waals surface area contributed by atoms with Crippen molar-refractivity contribution >= 4 is 11.3 Å². The first-order valence-electron chi connectivity index (χ1n) is 6.22. The highest BCUT2D eigenvalue weighted by atomic mass is 32.1. The molecule has 0 bridgehead atoms. The van der Waals surface area contributed by atoms with Crippen LogP contribution in [0.1, 0.15) is 40.8 Å². The molecule has 0 aromatic carbocycles. The summed E-state index contributed by atoms with van der Waals surface area (Å²) in [5.74, 6) is 0.883. The molecule has 6 heteroatoms. The number of hydrogen-bond donors (Lipinski definition) is 2. The van der Waals surface area contributed by atoms with Crippen LogP contribution < -0.4 is 5.32 Å². The van der Waals surface area contributed by atoms with Gasteiger partial charge in [0.05, 0.1) is 16.7 Å². The molecule has 2 heterocycles. The second kappa shape index (κ2) is 6.06. The molecule has 2 aromatic heterocycles.